The summed E-state index contributed by atoms with van der Waals surface area (Å²) in [4.78, 5) is 24.1. The lowest BCUT2D eigenvalue weighted by atomic mass is 10.2. The third-order valence-electron chi connectivity index (χ3n) is 4.29. The molecule has 0 saturated carbocycles. The lowest BCUT2D eigenvalue weighted by molar-refractivity contribution is 0.0697. The predicted octanol–water partition coefficient (Wildman–Crippen LogP) is 3.00. The van der Waals surface area contributed by atoms with Crippen LogP contribution in [-0.4, -0.2) is 71.8 Å². The summed E-state index contributed by atoms with van der Waals surface area (Å²) < 4.78 is 11.1. The molecule has 5 N–H and O–H groups in total. The van der Waals surface area contributed by atoms with E-state index in [9.17, 15) is 9.90 Å². The lowest BCUT2D eigenvalue weighted by Gasteiger charge is -2.12. The van der Waals surface area contributed by atoms with Gasteiger partial charge in [-0.25, -0.2) is 14.8 Å². The van der Waals surface area contributed by atoms with Gasteiger partial charge in [-0.05, 0) is 44.6 Å². The lowest BCUT2D eigenvalue weighted by Crippen LogP contribution is -2.10. The molecule has 2 rings (SSSR count). The van der Waals surface area contributed by atoms with Crippen LogP contribution in [0, 0.1) is 0 Å². The quantitative estimate of drug-likeness (QED) is 0.156. The van der Waals surface area contributed by atoms with Crippen molar-refractivity contribution in [1.82, 2.24) is 15.0 Å². The average molecular weight is 465 g/mol. The number of hydrogen-bond donors (Lipinski definition) is 4. The number of hydrogen-bond acceptors (Lipinski definition) is 10. The number of nitrogens with two attached hydrogens (primary N) is 1. The highest BCUT2D eigenvalue weighted by atomic mass is 32.2. The maximum Gasteiger partial charge on any atom is 0.339 e. The van der Waals surface area contributed by atoms with Crippen LogP contribution in [0.25, 0.3) is 0 Å². The standard InChI is InChI=1S/C21H32N6O4S/c1-32-21-26-18(24-8-5-13-31-11-3-2-10-30-12-4-7-22)14-19(27-21)25-17-6-9-23-15-16(17)20(28)29/h6,9,14-15H,2-5,7-8,10-13,22H2,1H3,(H,28,29)(H2,23,24,25,26,27). The monoisotopic (exact) mass is 464 g/mol. The van der Waals surface area contributed by atoms with Gasteiger partial charge in [-0.2, -0.15) is 0 Å². The van der Waals surface area contributed by atoms with Crippen molar-refractivity contribution in [2.45, 2.75) is 30.8 Å². The van der Waals surface area contributed by atoms with E-state index in [4.69, 9.17) is 15.2 Å². The van der Waals surface area contributed by atoms with Crippen molar-refractivity contribution in [2.75, 3.05) is 56.4 Å². The van der Waals surface area contributed by atoms with E-state index >= 15 is 0 Å². The molecule has 2 aromatic rings. The first kappa shape index (κ1) is 25.8. The highest BCUT2D eigenvalue weighted by Gasteiger charge is 2.12. The van der Waals surface area contributed by atoms with Crippen molar-refractivity contribution in [2.24, 2.45) is 5.73 Å². The van der Waals surface area contributed by atoms with Crippen LogP contribution in [0.4, 0.5) is 17.3 Å². The van der Waals surface area contributed by atoms with Gasteiger partial charge < -0.3 is 30.9 Å². The first-order valence-electron chi connectivity index (χ1n) is 10.6. The average Bonchev–Trinajstić information content (AvgIpc) is 2.80. The van der Waals surface area contributed by atoms with Crippen molar-refractivity contribution in [3.8, 4) is 0 Å². The molecule has 0 aliphatic carbocycles. The maximum atomic E-state index is 11.4. The summed E-state index contributed by atoms with van der Waals surface area (Å²) in [5.74, 6) is 0.107. The highest BCUT2D eigenvalue weighted by Crippen LogP contribution is 2.23. The number of unbranched alkanes of at least 4 members (excludes halogenated alkanes) is 1. The molecule has 10 nitrogen and oxygen atoms in total. The molecule has 0 aliphatic rings. The van der Waals surface area contributed by atoms with Crippen LogP contribution in [0.15, 0.2) is 29.7 Å². The number of nitrogens with zero attached hydrogens (tertiary/aromatic N) is 3. The van der Waals surface area contributed by atoms with Gasteiger partial charge in [0.25, 0.3) is 0 Å². The largest absolute Gasteiger partial charge is 0.478 e. The van der Waals surface area contributed by atoms with Crippen LogP contribution < -0.4 is 16.4 Å². The Labute approximate surface area is 192 Å². The highest BCUT2D eigenvalue weighted by molar-refractivity contribution is 7.98. The van der Waals surface area contributed by atoms with Crippen LogP contribution in [0.5, 0.6) is 0 Å². The van der Waals surface area contributed by atoms with Crippen LogP contribution in [0.3, 0.4) is 0 Å². The Morgan fingerprint density at radius 1 is 1.09 bits per heavy atom. The predicted molar refractivity (Wildman–Crippen MR) is 126 cm³/mol. The summed E-state index contributed by atoms with van der Waals surface area (Å²) in [6, 6.07) is 3.35. The molecule has 0 unspecified atom stereocenters. The smallest absolute Gasteiger partial charge is 0.339 e. The second-order valence-electron chi connectivity index (χ2n) is 6.83. The molecule has 0 saturated heterocycles. The Balaban J connectivity index is 1.73. The number of aromatic nitrogens is 3. The van der Waals surface area contributed by atoms with E-state index in [1.807, 2.05) is 6.26 Å². The van der Waals surface area contributed by atoms with E-state index in [0.29, 0.717) is 42.2 Å². The second-order valence-corrected chi connectivity index (χ2v) is 7.60. The van der Waals surface area contributed by atoms with Crippen LogP contribution in [-0.2, 0) is 9.47 Å². The molecule has 0 amide bonds. The SMILES string of the molecule is CSc1nc(NCCCOCCCCOCCCN)cc(Nc2ccncc2C(=O)O)n1. The number of rotatable bonds is 17. The molecule has 11 heteroatoms. The number of carboxylic acids is 1. The molecule has 2 aromatic heterocycles. The Hall–Kier alpha value is -2.47. The Bertz CT molecular complexity index is 827. The first-order valence-corrected chi connectivity index (χ1v) is 11.8. The van der Waals surface area contributed by atoms with Gasteiger partial charge in [0.05, 0.1) is 5.69 Å². The van der Waals surface area contributed by atoms with Gasteiger partial charge in [0.15, 0.2) is 5.16 Å². The summed E-state index contributed by atoms with van der Waals surface area (Å²) in [6.45, 7) is 4.22. The van der Waals surface area contributed by atoms with Crippen molar-refractivity contribution < 1.29 is 19.4 Å². The maximum absolute atomic E-state index is 11.4. The molecule has 2 heterocycles. The molecule has 0 fully saturated rings. The molecule has 0 radical (unpaired) electrons. The minimum Gasteiger partial charge on any atom is -0.478 e. The molecular formula is C21H32N6O4S. The fourth-order valence-electron chi connectivity index (χ4n) is 2.67. The van der Waals surface area contributed by atoms with Gasteiger partial charge in [-0.15, -0.1) is 0 Å². The van der Waals surface area contributed by atoms with Crippen molar-refractivity contribution in [3.05, 3.63) is 30.1 Å². The third kappa shape index (κ3) is 9.77. The van der Waals surface area contributed by atoms with Gasteiger partial charge in [-0.3, -0.25) is 4.98 Å². The summed E-state index contributed by atoms with van der Waals surface area (Å²) in [6.07, 6.45) is 8.41. The van der Waals surface area contributed by atoms with Gasteiger partial charge in [0, 0.05) is 51.4 Å². The molecule has 0 spiro atoms. The zero-order valence-corrected chi connectivity index (χ0v) is 19.2. The van der Waals surface area contributed by atoms with Crippen molar-refractivity contribution >= 4 is 35.1 Å². The van der Waals surface area contributed by atoms with Crippen molar-refractivity contribution in [3.63, 3.8) is 0 Å². The van der Waals surface area contributed by atoms with Crippen LogP contribution >= 0.6 is 11.8 Å². The number of aromatic carboxylic acids is 1. The number of thioether (sulfide) groups is 1. The summed E-state index contributed by atoms with van der Waals surface area (Å²) in [5, 5.41) is 16.2. The number of carbonyl (C=O) groups is 1. The van der Waals surface area contributed by atoms with Crippen LogP contribution in [0.1, 0.15) is 36.0 Å². The number of pyridine rings is 1. The zero-order valence-electron chi connectivity index (χ0n) is 18.4. The second kappa shape index (κ2) is 15.4. The van der Waals surface area contributed by atoms with E-state index in [2.05, 4.69) is 25.6 Å². The van der Waals surface area contributed by atoms with Gasteiger partial charge >= 0.3 is 5.97 Å². The van der Waals surface area contributed by atoms with E-state index in [1.165, 1.54) is 24.2 Å². The molecule has 0 atom stereocenters. The molecular weight excluding hydrogens is 432 g/mol. The summed E-state index contributed by atoms with van der Waals surface area (Å²) in [5.41, 5.74) is 5.91. The summed E-state index contributed by atoms with van der Waals surface area (Å²) in [7, 11) is 0. The Kier molecular flexibility index (Phi) is 12.4. The van der Waals surface area contributed by atoms with Crippen LogP contribution in [0.2, 0.25) is 0 Å². The fraction of sp³-hybridized carbons (Fsp3) is 0.524. The Morgan fingerprint density at radius 2 is 1.78 bits per heavy atom. The zero-order chi connectivity index (χ0) is 23.0. The molecule has 176 valence electrons. The van der Waals surface area contributed by atoms with E-state index in [-0.39, 0.29) is 5.56 Å². The Morgan fingerprint density at radius 3 is 2.47 bits per heavy atom. The number of ether oxygens (including phenoxy) is 2. The van der Waals surface area contributed by atoms with E-state index in [0.717, 1.165) is 45.5 Å². The fourth-order valence-corrected chi connectivity index (χ4v) is 3.05. The van der Waals surface area contributed by atoms with E-state index in [1.54, 1.807) is 12.1 Å². The molecule has 0 aromatic carbocycles. The topological polar surface area (TPSA) is 145 Å². The molecule has 0 bridgehead atoms. The minimum absolute atomic E-state index is 0.0746. The number of nitrogens with one attached hydrogen (secondary N) is 2. The molecule has 32 heavy (non-hydrogen) atoms. The molecule has 0 aliphatic heterocycles. The van der Waals surface area contributed by atoms with E-state index < -0.39 is 5.97 Å². The normalized spacial score (nSPS) is 10.8. The number of carboxylic acid groups (broad SMARTS) is 1. The third-order valence-corrected chi connectivity index (χ3v) is 4.84. The minimum atomic E-state index is -1.06. The first-order chi connectivity index (χ1) is 15.6. The number of anilines is 3. The van der Waals surface area contributed by atoms with Crippen molar-refractivity contribution in [1.29, 1.82) is 0 Å². The summed E-state index contributed by atoms with van der Waals surface area (Å²) >= 11 is 1.41. The van der Waals surface area contributed by atoms with Gasteiger partial charge in [0.1, 0.15) is 17.2 Å². The van der Waals surface area contributed by atoms with Gasteiger partial charge in [0.2, 0.25) is 0 Å². The van der Waals surface area contributed by atoms with Gasteiger partial charge in [-0.1, -0.05) is 11.8 Å².